The van der Waals surface area contributed by atoms with Crippen LogP contribution in [0.25, 0.3) is 0 Å². The van der Waals surface area contributed by atoms with Crippen LogP contribution < -0.4 is 0 Å². The molecule has 2 rings (SSSR count). The van der Waals surface area contributed by atoms with Crippen molar-refractivity contribution in [1.82, 2.24) is 4.31 Å². The number of benzene rings is 1. The van der Waals surface area contributed by atoms with Gasteiger partial charge in [0, 0.05) is 12.3 Å². The summed E-state index contributed by atoms with van der Waals surface area (Å²) in [5.41, 5.74) is -1.33. The van der Waals surface area contributed by atoms with Gasteiger partial charge in [-0.2, -0.15) is 30.7 Å². The summed E-state index contributed by atoms with van der Waals surface area (Å²) in [6, 6.07) is 7.85. The molecule has 0 fully saturated rings. The molecule has 1 unspecified atom stereocenters. The van der Waals surface area contributed by atoms with Crippen LogP contribution in [0, 0.1) is 5.92 Å². The van der Waals surface area contributed by atoms with Gasteiger partial charge >= 0.3 is 16.8 Å². The molecule has 0 N–H and O–H groups in total. The van der Waals surface area contributed by atoms with Crippen LogP contribution in [0.1, 0.15) is 31.7 Å². The molecule has 0 radical (unpaired) electrons. The summed E-state index contributed by atoms with van der Waals surface area (Å²) in [6.45, 7) is 3.13. The lowest BCUT2D eigenvalue weighted by molar-refractivity contribution is -0.133. The molecule has 1 aliphatic heterocycles. The molecule has 0 aromatic heterocycles. The number of hydrogen-bond donors (Lipinski definition) is 0. The van der Waals surface area contributed by atoms with E-state index in [-0.39, 0.29) is 23.3 Å². The second kappa shape index (κ2) is 9.04. The maximum atomic E-state index is 14.0. The Bertz CT molecular complexity index is 781. The third kappa shape index (κ3) is 5.47. The Morgan fingerprint density at radius 3 is 2.17 bits per heavy atom. The lowest BCUT2D eigenvalue weighted by atomic mass is 9.91. The minimum absolute atomic E-state index is 0.173. The number of alkyl halides is 8. The largest absolute Gasteiger partial charge is 0.431 e. The topological polar surface area (TPSA) is 29.5 Å². The van der Waals surface area contributed by atoms with Gasteiger partial charge in [0.25, 0.3) is 0 Å². The van der Waals surface area contributed by atoms with E-state index >= 15 is 0 Å². The molecular formula is C18H19ClF7NO2S. The van der Waals surface area contributed by atoms with Crippen molar-refractivity contribution in [2.75, 3.05) is 6.61 Å². The SMILES string of the molecule is CC(C)CO[C@H]1C[C@@H](c2ccccc2)C=C(C(F)(F)F)N1S(=O)C(F)(F)C(F)(F)Cl. The number of halogens is 8. The number of allylic oxidation sites excluding steroid dienone is 2. The van der Waals surface area contributed by atoms with Gasteiger partial charge in [0.1, 0.15) is 11.9 Å². The third-order valence-corrected chi connectivity index (χ3v) is 6.02. The highest BCUT2D eigenvalue weighted by Crippen LogP contribution is 2.47. The first-order valence-corrected chi connectivity index (χ1v) is 10.3. The highest BCUT2D eigenvalue weighted by atomic mass is 35.5. The van der Waals surface area contributed by atoms with Gasteiger partial charge in [0.2, 0.25) is 11.0 Å². The van der Waals surface area contributed by atoms with Crippen molar-refractivity contribution in [3.63, 3.8) is 0 Å². The zero-order chi connectivity index (χ0) is 22.9. The minimum Gasteiger partial charge on any atom is -0.357 e. The fourth-order valence-corrected chi connectivity index (χ4v) is 4.16. The van der Waals surface area contributed by atoms with Crippen LogP contribution in [0.3, 0.4) is 0 Å². The average molecular weight is 482 g/mol. The zero-order valence-corrected chi connectivity index (χ0v) is 17.4. The molecule has 0 saturated carbocycles. The third-order valence-electron chi connectivity index (χ3n) is 4.18. The highest BCUT2D eigenvalue weighted by Gasteiger charge is 2.64. The second-order valence-corrected chi connectivity index (χ2v) is 8.95. The van der Waals surface area contributed by atoms with Crippen LogP contribution in [-0.4, -0.2) is 38.2 Å². The Balaban J connectivity index is 2.59. The minimum atomic E-state index is -5.47. The van der Waals surface area contributed by atoms with Crippen molar-refractivity contribution >= 4 is 22.6 Å². The van der Waals surface area contributed by atoms with E-state index in [1.54, 1.807) is 32.0 Å². The van der Waals surface area contributed by atoms with Crippen molar-refractivity contribution in [2.45, 2.75) is 49.2 Å². The smallest absolute Gasteiger partial charge is 0.357 e. The summed E-state index contributed by atoms with van der Waals surface area (Å²) in [5.74, 6) is -1.15. The van der Waals surface area contributed by atoms with Crippen molar-refractivity contribution in [3.8, 4) is 0 Å². The van der Waals surface area contributed by atoms with Crippen LogP contribution in [-0.2, 0) is 15.7 Å². The predicted molar refractivity (Wildman–Crippen MR) is 98.2 cm³/mol. The standard InChI is InChI=1S/C18H19ClF7NO2S/c1-11(2)10-29-15-9-13(12-6-4-3-5-7-12)8-14(16(20,21)22)27(15)30(28)18(25,26)17(19,23)24/h3-8,11,13,15H,9-10H2,1-2H3/t13-,15-,30?/m0/s1. The van der Waals surface area contributed by atoms with Gasteiger partial charge in [-0.1, -0.05) is 44.2 Å². The van der Waals surface area contributed by atoms with Crippen LogP contribution in [0.15, 0.2) is 42.1 Å². The molecule has 1 aliphatic rings. The van der Waals surface area contributed by atoms with Gasteiger partial charge in [0.05, 0.1) is 6.61 Å². The summed E-state index contributed by atoms with van der Waals surface area (Å²) in [7, 11) is -4.17. The molecule has 0 aliphatic carbocycles. The molecule has 0 amide bonds. The lowest BCUT2D eigenvalue weighted by Gasteiger charge is -2.41. The van der Waals surface area contributed by atoms with Gasteiger partial charge in [-0.05, 0) is 29.2 Å². The Morgan fingerprint density at radius 1 is 1.13 bits per heavy atom. The highest BCUT2D eigenvalue weighted by molar-refractivity contribution is 7.84. The maximum absolute atomic E-state index is 14.0. The zero-order valence-electron chi connectivity index (χ0n) is 15.8. The van der Waals surface area contributed by atoms with E-state index in [9.17, 15) is 34.9 Å². The van der Waals surface area contributed by atoms with Gasteiger partial charge in [-0.15, -0.1) is 0 Å². The molecule has 0 spiro atoms. The molecule has 0 saturated heterocycles. The number of ether oxygens (including phenoxy) is 1. The molecule has 30 heavy (non-hydrogen) atoms. The van der Waals surface area contributed by atoms with Crippen molar-refractivity contribution in [2.24, 2.45) is 5.92 Å². The Morgan fingerprint density at radius 2 is 1.70 bits per heavy atom. The van der Waals surface area contributed by atoms with Crippen LogP contribution in [0.4, 0.5) is 30.7 Å². The van der Waals surface area contributed by atoms with Gasteiger partial charge in [0.15, 0.2) is 0 Å². The molecule has 1 aromatic carbocycles. The first-order valence-electron chi connectivity index (χ1n) is 8.77. The summed E-state index contributed by atoms with van der Waals surface area (Å²) in [5, 5.41) is -10.8. The van der Waals surface area contributed by atoms with Crippen LogP contribution in [0.2, 0.25) is 0 Å². The molecule has 12 heteroatoms. The van der Waals surface area contributed by atoms with Crippen LogP contribution >= 0.6 is 11.6 Å². The van der Waals surface area contributed by atoms with E-state index in [1.165, 1.54) is 12.1 Å². The monoisotopic (exact) mass is 481 g/mol. The van der Waals surface area contributed by atoms with E-state index in [0.717, 1.165) is 0 Å². The van der Waals surface area contributed by atoms with Crippen LogP contribution in [0.5, 0.6) is 0 Å². The molecule has 3 atom stereocenters. The lowest BCUT2D eigenvalue weighted by Crippen LogP contribution is -2.54. The molecular weight excluding hydrogens is 463 g/mol. The molecule has 1 aromatic rings. The summed E-state index contributed by atoms with van der Waals surface area (Å²) in [4.78, 5) is 0. The summed E-state index contributed by atoms with van der Waals surface area (Å²) in [6.07, 6.45) is -6.79. The van der Waals surface area contributed by atoms with Gasteiger partial charge in [-0.25, -0.2) is 4.21 Å². The van der Waals surface area contributed by atoms with E-state index in [1.807, 2.05) is 0 Å². The number of nitrogens with zero attached hydrogens (tertiary/aromatic N) is 1. The Kier molecular flexibility index (Phi) is 7.51. The van der Waals surface area contributed by atoms with E-state index in [2.05, 4.69) is 11.6 Å². The first-order chi connectivity index (χ1) is 13.7. The van der Waals surface area contributed by atoms with E-state index < -0.39 is 45.6 Å². The van der Waals surface area contributed by atoms with Gasteiger partial charge < -0.3 is 4.74 Å². The average Bonchev–Trinajstić information content (AvgIpc) is 2.64. The fourth-order valence-electron chi connectivity index (χ4n) is 2.81. The summed E-state index contributed by atoms with van der Waals surface area (Å²) >= 11 is 4.36. The number of rotatable bonds is 7. The van der Waals surface area contributed by atoms with Crippen molar-refractivity contribution < 1.29 is 39.7 Å². The maximum Gasteiger partial charge on any atom is 0.431 e. The van der Waals surface area contributed by atoms with E-state index in [4.69, 9.17) is 4.74 Å². The normalized spacial score (nSPS) is 22.2. The van der Waals surface area contributed by atoms with E-state index in [0.29, 0.717) is 11.6 Å². The molecule has 3 nitrogen and oxygen atoms in total. The second-order valence-electron chi connectivity index (χ2n) is 7.07. The Labute approximate surface area is 176 Å². The Hall–Kier alpha value is -1.33. The molecule has 0 bridgehead atoms. The van der Waals surface area contributed by atoms with Gasteiger partial charge in [-0.3, -0.25) is 4.31 Å². The predicted octanol–water partition coefficient (Wildman–Crippen LogP) is 6.01. The number of hydrogen-bond acceptors (Lipinski definition) is 2. The molecule has 170 valence electrons. The van der Waals surface area contributed by atoms with Crippen molar-refractivity contribution in [1.29, 1.82) is 0 Å². The molecule has 1 heterocycles. The first kappa shape index (κ1) is 24.9. The van der Waals surface area contributed by atoms with Crippen molar-refractivity contribution in [3.05, 3.63) is 47.7 Å². The summed E-state index contributed by atoms with van der Waals surface area (Å²) < 4.78 is 113. The quantitative estimate of drug-likeness (QED) is 0.352. The fraction of sp³-hybridized carbons (Fsp3) is 0.556.